The molecule has 28 heavy (non-hydrogen) atoms. The SMILES string of the molecule is O=C(CN(c1ccc(F)cc1)S(=O)(=O)c1cccs1)Nc1ccc(Br)cc1F. The molecule has 5 nitrogen and oxygen atoms in total. The van der Waals surface area contributed by atoms with Crippen molar-refractivity contribution in [3.8, 4) is 0 Å². The molecule has 146 valence electrons. The van der Waals surface area contributed by atoms with Gasteiger partial charge in [0.15, 0.2) is 0 Å². The monoisotopic (exact) mass is 486 g/mol. The minimum absolute atomic E-state index is 0.0273. The van der Waals surface area contributed by atoms with Crippen LogP contribution in [0, 0.1) is 11.6 Å². The highest BCUT2D eigenvalue weighted by Gasteiger charge is 2.28. The zero-order valence-electron chi connectivity index (χ0n) is 14.1. The molecule has 0 aliphatic rings. The molecule has 0 bridgehead atoms. The van der Waals surface area contributed by atoms with Crippen molar-refractivity contribution < 1.29 is 22.0 Å². The lowest BCUT2D eigenvalue weighted by Crippen LogP contribution is -2.38. The Morgan fingerprint density at radius 1 is 1.11 bits per heavy atom. The molecule has 2 aromatic carbocycles. The molecule has 3 rings (SSSR count). The zero-order chi connectivity index (χ0) is 20.3. The first kappa shape index (κ1) is 20.4. The van der Waals surface area contributed by atoms with E-state index in [0.29, 0.717) is 4.47 Å². The van der Waals surface area contributed by atoms with Crippen LogP contribution in [0.3, 0.4) is 0 Å². The number of hydrogen-bond acceptors (Lipinski definition) is 4. The predicted octanol–water partition coefficient (Wildman–Crippen LogP) is 4.62. The molecule has 0 fully saturated rings. The summed E-state index contributed by atoms with van der Waals surface area (Å²) in [6, 6.07) is 11.8. The smallest absolute Gasteiger partial charge is 0.274 e. The Kier molecular flexibility index (Phi) is 6.11. The third-order valence-electron chi connectivity index (χ3n) is 3.65. The number of nitrogens with zero attached hydrogens (tertiary/aromatic N) is 1. The number of thiophene rings is 1. The second kappa shape index (κ2) is 8.38. The van der Waals surface area contributed by atoms with Gasteiger partial charge in [-0.05, 0) is 53.9 Å². The molecule has 1 N–H and O–H groups in total. The average molecular weight is 487 g/mol. The molecule has 0 unspecified atom stereocenters. The van der Waals surface area contributed by atoms with Crippen LogP contribution in [0.4, 0.5) is 20.2 Å². The van der Waals surface area contributed by atoms with Crippen LogP contribution in [0.1, 0.15) is 0 Å². The molecule has 0 aliphatic carbocycles. The van der Waals surface area contributed by atoms with E-state index in [-0.39, 0.29) is 15.6 Å². The van der Waals surface area contributed by atoms with Gasteiger partial charge < -0.3 is 5.32 Å². The number of rotatable bonds is 6. The summed E-state index contributed by atoms with van der Waals surface area (Å²) in [6.45, 7) is -0.610. The number of nitrogens with one attached hydrogen (secondary N) is 1. The Morgan fingerprint density at radius 2 is 1.82 bits per heavy atom. The Bertz CT molecular complexity index is 1090. The second-order valence-electron chi connectivity index (χ2n) is 5.59. The minimum Gasteiger partial charge on any atom is -0.322 e. The summed E-state index contributed by atoms with van der Waals surface area (Å²) >= 11 is 4.11. The standard InChI is InChI=1S/C18H13BrF2N2O3S2/c19-12-3-8-16(15(21)10-12)22-17(24)11-23(14-6-4-13(20)5-7-14)28(25,26)18-2-1-9-27-18/h1-10H,11H2,(H,22,24). The van der Waals surface area contributed by atoms with Crippen LogP contribution in [0.25, 0.3) is 0 Å². The van der Waals surface area contributed by atoms with E-state index in [1.807, 2.05) is 0 Å². The molecule has 10 heteroatoms. The van der Waals surface area contributed by atoms with E-state index >= 15 is 0 Å². The molecule has 0 aliphatic heterocycles. The van der Waals surface area contributed by atoms with Crippen LogP contribution in [0.5, 0.6) is 0 Å². The van der Waals surface area contributed by atoms with Crippen LogP contribution >= 0.6 is 27.3 Å². The molecular formula is C18H13BrF2N2O3S2. The molecule has 1 heterocycles. The first-order valence-corrected chi connectivity index (χ1v) is 11.0. The van der Waals surface area contributed by atoms with E-state index in [1.54, 1.807) is 17.5 Å². The maximum atomic E-state index is 14.0. The number of amides is 1. The van der Waals surface area contributed by atoms with Gasteiger partial charge in [-0.15, -0.1) is 11.3 Å². The van der Waals surface area contributed by atoms with Crippen LogP contribution in [0.15, 0.2) is 68.7 Å². The second-order valence-corrected chi connectivity index (χ2v) is 9.55. The lowest BCUT2D eigenvalue weighted by molar-refractivity contribution is -0.114. The molecule has 1 amide bonds. The van der Waals surface area contributed by atoms with E-state index in [1.165, 1.54) is 30.3 Å². The van der Waals surface area contributed by atoms with E-state index in [4.69, 9.17) is 0 Å². The van der Waals surface area contributed by atoms with Crippen molar-refractivity contribution in [1.29, 1.82) is 0 Å². The van der Waals surface area contributed by atoms with Crippen molar-refractivity contribution in [2.45, 2.75) is 4.21 Å². The fourth-order valence-electron chi connectivity index (χ4n) is 2.35. The third-order valence-corrected chi connectivity index (χ3v) is 7.29. The van der Waals surface area contributed by atoms with Crippen molar-refractivity contribution in [3.05, 3.63) is 76.1 Å². The van der Waals surface area contributed by atoms with E-state index in [9.17, 15) is 22.0 Å². The lowest BCUT2D eigenvalue weighted by atomic mass is 10.3. The fraction of sp³-hybridized carbons (Fsp3) is 0.0556. The maximum absolute atomic E-state index is 14.0. The average Bonchev–Trinajstić information content (AvgIpc) is 3.18. The van der Waals surface area contributed by atoms with Gasteiger partial charge in [0.2, 0.25) is 5.91 Å². The highest BCUT2D eigenvalue weighted by atomic mass is 79.9. The van der Waals surface area contributed by atoms with Crippen molar-refractivity contribution in [1.82, 2.24) is 0 Å². The Hall–Kier alpha value is -2.30. The van der Waals surface area contributed by atoms with Crippen LogP contribution in [-0.4, -0.2) is 20.9 Å². The van der Waals surface area contributed by atoms with Crippen molar-refractivity contribution >= 4 is 54.6 Å². The molecular weight excluding hydrogens is 474 g/mol. The fourth-order valence-corrected chi connectivity index (χ4v) is 5.21. The quantitative estimate of drug-likeness (QED) is 0.552. The maximum Gasteiger partial charge on any atom is 0.274 e. The highest BCUT2D eigenvalue weighted by Crippen LogP contribution is 2.27. The van der Waals surface area contributed by atoms with Gasteiger partial charge >= 0.3 is 0 Å². The topological polar surface area (TPSA) is 66.5 Å². The number of carbonyl (C=O) groups excluding carboxylic acids is 1. The van der Waals surface area contributed by atoms with E-state index < -0.39 is 34.1 Å². The number of carbonyl (C=O) groups is 1. The van der Waals surface area contributed by atoms with Gasteiger partial charge in [0.25, 0.3) is 10.0 Å². The number of anilines is 2. The summed E-state index contributed by atoms with van der Waals surface area (Å²) in [5, 5.41) is 3.95. The highest BCUT2D eigenvalue weighted by molar-refractivity contribution is 9.10. The summed E-state index contributed by atoms with van der Waals surface area (Å²) in [5.74, 6) is -1.96. The van der Waals surface area contributed by atoms with Crippen molar-refractivity contribution in [3.63, 3.8) is 0 Å². The lowest BCUT2D eigenvalue weighted by Gasteiger charge is -2.23. The van der Waals surface area contributed by atoms with Gasteiger partial charge in [-0.1, -0.05) is 22.0 Å². The van der Waals surface area contributed by atoms with Gasteiger partial charge in [-0.3, -0.25) is 9.10 Å². The Balaban J connectivity index is 1.91. The minimum atomic E-state index is -4.06. The molecule has 0 atom stereocenters. The van der Waals surface area contributed by atoms with E-state index in [0.717, 1.165) is 27.8 Å². The first-order valence-electron chi connectivity index (χ1n) is 7.84. The van der Waals surface area contributed by atoms with Gasteiger partial charge in [0, 0.05) is 4.47 Å². The Labute approximate surface area is 172 Å². The van der Waals surface area contributed by atoms with Crippen LogP contribution in [0.2, 0.25) is 0 Å². The van der Waals surface area contributed by atoms with Gasteiger partial charge in [-0.2, -0.15) is 0 Å². The molecule has 3 aromatic rings. The van der Waals surface area contributed by atoms with Crippen molar-refractivity contribution in [2.24, 2.45) is 0 Å². The normalized spacial score (nSPS) is 11.2. The summed E-state index contributed by atoms with van der Waals surface area (Å²) in [5.41, 5.74) is 0.0296. The molecule has 0 saturated carbocycles. The van der Waals surface area contributed by atoms with Crippen LogP contribution in [-0.2, 0) is 14.8 Å². The van der Waals surface area contributed by atoms with E-state index in [2.05, 4.69) is 21.2 Å². The van der Waals surface area contributed by atoms with Crippen LogP contribution < -0.4 is 9.62 Å². The number of sulfonamides is 1. The van der Waals surface area contributed by atoms with Crippen molar-refractivity contribution in [2.75, 3.05) is 16.2 Å². The third kappa shape index (κ3) is 4.57. The van der Waals surface area contributed by atoms with Gasteiger partial charge in [-0.25, -0.2) is 17.2 Å². The number of halogens is 3. The molecule has 0 radical (unpaired) electrons. The molecule has 0 saturated heterocycles. The molecule has 1 aromatic heterocycles. The van der Waals surface area contributed by atoms with Gasteiger partial charge in [0.1, 0.15) is 22.4 Å². The summed E-state index contributed by atoms with van der Waals surface area (Å²) in [7, 11) is -4.06. The summed E-state index contributed by atoms with van der Waals surface area (Å²) in [6.07, 6.45) is 0. The zero-order valence-corrected chi connectivity index (χ0v) is 17.3. The largest absolute Gasteiger partial charge is 0.322 e. The first-order chi connectivity index (χ1) is 13.3. The number of benzene rings is 2. The Morgan fingerprint density at radius 3 is 2.43 bits per heavy atom. The summed E-state index contributed by atoms with van der Waals surface area (Å²) < 4.78 is 54.5. The van der Waals surface area contributed by atoms with Gasteiger partial charge in [0.05, 0.1) is 11.4 Å². The molecule has 0 spiro atoms. The predicted molar refractivity (Wildman–Crippen MR) is 108 cm³/mol. The summed E-state index contributed by atoms with van der Waals surface area (Å²) in [4.78, 5) is 12.5. The number of hydrogen-bond donors (Lipinski definition) is 1.